The molecule has 96 valence electrons. The maximum atomic E-state index is 4.02. The SMILES string of the molecule is CNC(c1cnnn1C)C(C)(C)c1ccccc1. The lowest BCUT2D eigenvalue weighted by atomic mass is 9.76. The maximum absolute atomic E-state index is 4.02. The van der Waals surface area contributed by atoms with E-state index in [2.05, 4.69) is 53.7 Å². The first-order valence-corrected chi connectivity index (χ1v) is 6.14. The first-order valence-electron chi connectivity index (χ1n) is 6.14. The van der Waals surface area contributed by atoms with Crippen LogP contribution in [0.4, 0.5) is 0 Å². The third kappa shape index (κ3) is 2.16. The van der Waals surface area contributed by atoms with Crippen LogP contribution in [0.25, 0.3) is 0 Å². The van der Waals surface area contributed by atoms with E-state index in [1.807, 2.05) is 31.0 Å². The molecule has 18 heavy (non-hydrogen) atoms. The summed E-state index contributed by atoms with van der Waals surface area (Å²) >= 11 is 0. The maximum Gasteiger partial charge on any atom is 0.0762 e. The Kier molecular flexibility index (Phi) is 3.48. The van der Waals surface area contributed by atoms with Crippen LogP contribution in [0.2, 0.25) is 0 Å². The number of hydrogen-bond donors (Lipinski definition) is 1. The van der Waals surface area contributed by atoms with Crippen molar-refractivity contribution >= 4 is 0 Å². The van der Waals surface area contributed by atoms with E-state index in [0.717, 1.165) is 5.69 Å². The van der Waals surface area contributed by atoms with E-state index in [-0.39, 0.29) is 11.5 Å². The number of nitrogens with one attached hydrogen (secondary N) is 1. The zero-order valence-corrected chi connectivity index (χ0v) is 11.4. The van der Waals surface area contributed by atoms with Gasteiger partial charge in [0.15, 0.2) is 0 Å². The topological polar surface area (TPSA) is 42.7 Å². The molecule has 0 aliphatic heterocycles. The molecule has 0 bridgehead atoms. The molecule has 0 saturated heterocycles. The molecule has 1 unspecified atom stereocenters. The molecule has 0 aliphatic carbocycles. The molecule has 0 aliphatic rings. The fourth-order valence-electron chi connectivity index (χ4n) is 2.47. The third-order valence-electron chi connectivity index (χ3n) is 3.57. The fraction of sp³-hybridized carbons (Fsp3) is 0.429. The van der Waals surface area contributed by atoms with Gasteiger partial charge in [0.1, 0.15) is 0 Å². The summed E-state index contributed by atoms with van der Waals surface area (Å²) in [5.41, 5.74) is 2.35. The third-order valence-corrected chi connectivity index (χ3v) is 3.57. The summed E-state index contributed by atoms with van der Waals surface area (Å²) in [4.78, 5) is 0. The van der Waals surface area contributed by atoms with Gasteiger partial charge in [0.25, 0.3) is 0 Å². The molecule has 0 spiro atoms. The quantitative estimate of drug-likeness (QED) is 0.895. The van der Waals surface area contributed by atoms with Gasteiger partial charge in [-0.05, 0) is 12.6 Å². The smallest absolute Gasteiger partial charge is 0.0762 e. The Hall–Kier alpha value is -1.68. The molecule has 0 amide bonds. The van der Waals surface area contributed by atoms with E-state index in [1.54, 1.807) is 0 Å². The predicted octanol–water partition coefficient (Wildman–Crippen LogP) is 2.05. The van der Waals surface area contributed by atoms with Crippen molar-refractivity contribution in [2.24, 2.45) is 7.05 Å². The molecule has 0 saturated carbocycles. The van der Waals surface area contributed by atoms with Gasteiger partial charge < -0.3 is 5.32 Å². The van der Waals surface area contributed by atoms with Gasteiger partial charge in [-0.15, -0.1) is 5.10 Å². The first-order chi connectivity index (χ1) is 8.57. The Balaban J connectivity index is 2.42. The second-order valence-corrected chi connectivity index (χ2v) is 5.09. The minimum Gasteiger partial charge on any atom is -0.311 e. The van der Waals surface area contributed by atoms with Gasteiger partial charge in [0, 0.05) is 12.5 Å². The van der Waals surface area contributed by atoms with Gasteiger partial charge >= 0.3 is 0 Å². The summed E-state index contributed by atoms with van der Waals surface area (Å²) in [6.07, 6.45) is 1.83. The highest BCUT2D eigenvalue weighted by atomic mass is 15.4. The highest BCUT2D eigenvalue weighted by Gasteiger charge is 2.33. The van der Waals surface area contributed by atoms with Crippen LogP contribution in [0.3, 0.4) is 0 Å². The lowest BCUT2D eigenvalue weighted by Gasteiger charge is -2.34. The van der Waals surface area contributed by atoms with Crippen LogP contribution in [-0.4, -0.2) is 22.0 Å². The molecule has 1 heterocycles. The van der Waals surface area contributed by atoms with Gasteiger partial charge in [0.2, 0.25) is 0 Å². The van der Waals surface area contributed by atoms with Gasteiger partial charge in [-0.25, -0.2) is 0 Å². The van der Waals surface area contributed by atoms with Crippen LogP contribution >= 0.6 is 0 Å². The van der Waals surface area contributed by atoms with Crippen molar-refractivity contribution in [1.29, 1.82) is 0 Å². The summed E-state index contributed by atoms with van der Waals surface area (Å²) in [6.45, 7) is 4.47. The lowest BCUT2D eigenvalue weighted by Crippen LogP contribution is -2.36. The Morgan fingerprint density at radius 1 is 1.22 bits per heavy atom. The highest BCUT2D eigenvalue weighted by Crippen LogP contribution is 2.35. The minimum absolute atomic E-state index is 0.0362. The van der Waals surface area contributed by atoms with Crippen molar-refractivity contribution in [3.8, 4) is 0 Å². The van der Waals surface area contributed by atoms with Gasteiger partial charge in [-0.2, -0.15) is 0 Å². The fourth-order valence-corrected chi connectivity index (χ4v) is 2.47. The second-order valence-electron chi connectivity index (χ2n) is 5.09. The number of hydrogen-bond acceptors (Lipinski definition) is 3. The van der Waals surface area contributed by atoms with Crippen LogP contribution < -0.4 is 5.32 Å². The molecule has 1 atom stereocenters. The van der Waals surface area contributed by atoms with Crippen LogP contribution in [0.1, 0.15) is 31.1 Å². The van der Waals surface area contributed by atoms with Crippen LogP contribution in [-0.2, 0) is 12.5 Å². The average Bonchev–Trinajstić information content (AvgIpc) is 2.78. The van der Waals surface area contributed by atoms with Crippen molar-refractivity contribution in [2.45, 2.75) is 25.3 Å². The standard InChI is InChI=1S/C14H20N4/c1-14(2,11-8-6-5-7-9-11)13(15-3)12-10-16-17-18(12)4/h5-10,13,15H,1-4H3. The van der Waals surface area contributed by atoms with Gasteiger partial charge in [-0.1, -0.05) is 49.4 Å². The summed E-state index contributed by atoms with van der Waals surface area (Å²) in [5, 5.41) is 11.4. The summed E-state index contributed by atoms with van der Waals surface area (Å²) in [5.74, 6) is 0. The minimum atomic E-state index is -0.0362. The van der Waals surface area contributed by atoms with Gasteiger partial charge in [0.05, 0.1) is 17.9 Å². The van der Waals surface area contributed by atoms with E-state index in [1.165, 1.54) is 5.56 Å². The zero-order valence-electron chi connectivity index (χ0n) is 11.4. The van der Waals surface area contributed by atoms with Crippen LogP contribution in [0.15, 0.2) is 36.5 Å². The predicted molar refractivity (Wildman–Crippen MR) is 72.3 cm³/mol. The van der Waals surface area contributed by atoms with Crippen molar-refractivity contribution < 1.29 is 0 Å². The van der Waals surface area contributed by atoms with E-state index < -0.39 is 0 Å². The normalized spacial score (nSPS) is 13.6. The average molecular weight is 244 g/mol. The van der Waals surface area contributed by atoms with Gasteiger partial charge in [-0.3, -0.25) is 4.68 Å². The molecular weight excluding hydrogens is 224 g/mol. The molecule has 2 rings (SSSR count). The zero-order chi connectivity index (χ0) is 13.2. The molecule has 2 aromatic rings. The lowest BCUT2D eigenvalue weighted by molar-refractivity contribution is 0.351. The number of aromatic nitrogens is 3. The van der Waals surface area contributed by atoms with Crippen molar-refractivity contribution in [3.63, 3.8) is 0 Å². The molecule has 0 fully saturated rings. The van der Waals surface area contributed by atoms with Crippen molar-refractivity contribution in [1.82, 2.24) is 20.3 Å². The summed E-state index contributed by atoms with van der Waals surface area (Å²) < 4.78 is 1.83. The number of nitrogens with zero attached hydrogens (tertiary/aromatic N) is 3. The molecule has 1 N–H and O–H groups in total. The van der Waals surface area contributed by atoms with Crippen molar-refractivity contribution in [3.05, 3.63) is 47.8 Å². The molecule has 0 radical (unpaired) electrons. The van der Waals surface area contributed by atoms with Crippen molar-refractivity contribution in [2.75, 3.05) is 7.05 Å². The number of aryl methyl sites for hydroxylation is 1. The largest absolute Gasteiger partial charge is 0.311 e. The Morgan fingerprint density at radius 3 is 2.39 bits per heavy atom. The second kappa shape index (κ2) is 4.90. The van der Waals surface area contributed by atoms with E-state index in [0.29, 0.717) is 0 Å². The first kappa shape index (κ1) is 12.8. The number of rotatable bonds is 4. The van der Waals surface area contributed by atoms with Crippen LogP contribution in [0, 0.1) is 0 Å². The molecule has 4 heteroatoms. The molecule has 1 aromatic carbocycles. The van der Waals surface area contributed by atoms with E-state index in [4.69, 9.17) is 0 Å². The van der Waals surface area contributed by atoms with Crippen LogP contribution in [0.5, 0.6) is 0 Å². The Labute approximate surface area is 108 Å². The van der Waals surface area contributed by atoms with E-state index in [9.17, 15) is 0 Å². The highest BCUT2D eigenvalue weighted by molar-refractivity contribution is 5.28. The number of likely N-dealkylation sites (N-methyl/N-ethyl adjacent to an activating group) is 1. The summed E-state index contributed by atoms with van der Waals surface area (Å²) in [6, 6.07) is 10.7. The molecule has 1 aromatic heterocycles. The molecule has 4 nitrogen and oxygen atoms in total. The molecular formula is C14H20N4. The number of benzene rings is 1. The Bertz CT molecular complexity index is 502. The Morgan fingerprint density at radius 2 is 1.89 bits per heavy atom. The monoisotopic (exact) mass is 244 g/mol. The van der Waals surface area contributed by atoms with E-state index >= 15 is 0 Å². The summed E-state index contributed by atoms with van der Waals surface area (Å²) in [7, 11) is 3.90.